The number of hydrogen-bond acceptors (Lipinski definition) is 2. The number of ether oxygens (including phenoxy) is 1. The van der Waals surface area contributed by atoms with Gasteiger partial charge in [-0.05, 0) is 36.6 Å². The molecular formula is C12H11ClFNO. The third kappa shape index (κ3) is 2.18. The van der Waals surface area contributed by atoms with Crippen LogP contribution in [0.5, 0.6) is 0 Å². The molecule has 1 aliphatic rings. The molecule has 1 unspecified atom stereocenters. The number of benzene rings is 1. The monoisotopic (exact) mass is 239 g/mol. The fourth-order valence-electron chi connectivity index (χ4n) is 1.92. The highest BCUT2D eigenvalue weighted by Gasteiger charge is 2.35. The lowest BCUT2D eigenvalue weighted by Gasteiger charge is -2.18. The van der Waals surface area contributed by atoms with E-state index >= 15 is 0 Å². The van der Waals surface area contributed by atoms with Gasteiger partial charge in [0, 0.05) is 11.6 Å². The van der Waals surface area contributed by atoms with Crippen LogP contribution in [-0.4, -0.2) is 13.2 Å². The van der Waals surface area contributed by atoms with E-state index < -0.39 is 5.41 Å². The summed E-state index contributed by atoms with van der Waals surface area (Å²) in [6.07, 6.45) is 1.12. The summed E-state index contributed by atoms with van der Waals surface area (Å²) in [6, 6.07) is 6.49. The zero-order valence-electron chi connectivity index (χ0n) is 8.67. The van der Waals surface area contributed by atoms with E-state index in [1.54, 1.807) is 0 Å². The van der Waals surface area contributed by atoms with Crippen LogP contribution in [0.25, 0.3) is 0 Å². The van der Waals surface area contributed by atoms with Crippen molar-refractivity contribution in [3.05, 3.63) is 34.6 Å². The maximum absolute atomic E-state index is 13.1. The number of nitrogens with zero attached hydrogens (tertiary/aromatic N) is 1. The van der Waals surface area contributed by atoms with Gasteiger partial charge in [0.15, 0.2) is 0 Å². The second-order valence-corrected chi connectivity index (χ2v) is 4.51. The standard InChI is InChI=1S/C12H11ClFNO/c13-11-2-1-10(14)5-9(11)6-12(7-15)3-4-16-8-12/h1-2,5H,3-4,6,8H2. The SMILES string of the molecule is N#CC1(Cc2cc(F)ccc2Cl)CCOC1. The first-order valence-corrected chi connectivity index (χ1v) is 5.46. The molecule has 0 amide bonds. The van der Waals surface area contributed by atoms with Crippen molar-refractivity contribution in [3.63, 3.8) is 0 Å². The van der Waals surface area contributed by atoms with Gasteiger partial charge >= 0.3 is 0 Å². The Morgan fingerprint density at radius 2 is 2.38 bits per heavy atom. The van der Waals surface area contributed by atoms with Crippen molar-refractivity contribution in [1.82, 2.24) is 0 Å². The predicted molar refractivity (Wildman–Crippen MR) is 58.6 cm³/mol. The van der Waals surface area contributed by atoms with Crippen molar-refractivity contribution in [2.24, 2.45) is 5.41 Å². The van der Waals surface area contributed by atoms with Crippen LogP contribution in [0, 0.1) is 22.6 Å². The van der Waals surface area contributed by atoms with Gasteiger partial charge in [-0.2, -0.15) is 5.26 Å². The normalized spacial score (nSPS) is 24.3. The van der Waals surface area contributed by atoms with Gasteiger partial charge in [-0.25, -0.2) is 4.39 Å². The average molecular weight is 240 g/mol. The molecule has 1 aromatic rings. The molecule has 0 saturated carbocycles. The summed E-state index contributed by atoms with van der Waals surface area (Å²) >= 11 is 5.98. The van der Waals surface area contributed by atoms with Crippen LogP contribution in [0.15, 0.2) is 18.2 Å². The lowest BCUT2D eigenvalue weighted by atomic mass is 9.82. The minimum absolute atomic E-state index is 0.327. The van der Waals surface area contributed by atoms with E-state index in [2.05, 4.69) is 6.07 Å². The van der Waals surface area contributed by atoms with Gasteiger partial charge in [0.1, 0.15) is 5.82 Å². The van der Waals surface area contributed by atoms with E-state index in [0.29, 0.717) is 36.6 Å². The van der Waals surface area contributed by atoms with Gasteiger partial charge in [0.25, 0.3) is 0 Å². The summed E-state index contributed by atoms with van der Waals surface area (Å²) in [7, 11) is 0. The Morgan fingerprint density at radius 3 is 3.00 bits per heavy atom. The van der Waals surface area contributed by atoms with Crippen molar-refractivity contribution < 1.29 is 9.13 Å². The molecule has 84 valence electrons. The van der Waals surface area contributed by atoms with Crippen LogP contribution in [0.4, 0.5) is 4.39 Å². The molecule has 0 spiro atoms. The lowest BCUT2D eigenvalue weighted by Crippen LogP contribution is -2.21. The van der Waals surface area contributed by atoms with E-state index in [4.69, 9.17) is 16.3 Å². The van der Waals surface area contributed by atoms with E-state index in [9.17, 15) is 9.65 Å². The lowest BCUT2D eigenvalue weighted by molar-refractivity contribution is 0.171. The Balaban J connectivity index is 2.26. The van der Waals surface area contributed by atoms with Crippen LogP contribution >= 0.6 is 11.6 Å². The number of rotatable bonds is 2. The Bertz CT molecular complexity index is 435. The molecule has 1 aliphatic heterocycles. The third-order valence-electron chi connectivity index (χ3n) is 2.88. The fourth-order valence-corrected chi connectivity index (χ4v) is 2.10. The van der Waals surface area contributed by atoms with Gasteiger partial charge in [-0.1, -0.05) is 11.6 Å². The van der Waals surface area contributed by atoms with Crippen LogP contribution in [0.1, 0.15) is 12.0 Å². The zero-order valence-corrected chi connectivity index (χ0v) is 9.43. The molecule has 2 nitrogen and oxygen atoms in total. The second kappa shape index (κ2) is 4.40. The molecule has 2 rings (SSSR count). The summed E-state index contributed by atoms with van der Waals surface area (Å²) in [4.78, 5) is 0. The predicted octanol–water partition coefficient (Wildman–Crippen LogP) is 2.95. The summed E-state index contributed by atoms with van der Waals surface area (Å²) in [5, 5.41) is 9.67. The quantitative estimate of drug-likeness (QED) is 0.795. The van der Waals surface area contributed by atoms with E-state index in [0.717, 1.165) is 0 Å². The van der Waals surface area contributed by atoms with Crippen molar-refractivity contribution in [1.29, 1.82) is 5.26 Å². The van der Waals surface area contributed by atoms with Crippen molar-refractivity contribution in [2.45, 2.75) is 12.8 Å². The highest BCUT2D eigenvalue weighted by molar-refractivity contribution is 6.31. The summed E-state index contributed by atoms with van der Waals surface area (Å²) in [5.74, 6) is -0.327. The number of nitriles is 1. The first-order valence-electron chi connectivity index (χ1n) is 5.08. The first-order chi connectivity index (χ1) is 7.65. The Labute approximate surface area is 98.6 Å². The highest BCUT2D eigenvalue weighted by atomic mass is 35.5. The van der Waals surface area contributed by atoms with Crippen LogP contribution in [0.3, 0.4) is 0 Å². The molecule has 1 saturated heterocycles. The first kappa shape index (κ1) is 11.4. The van der Waals surface area contributed by atoms with E-state index in [-0.39, 0.29) is 5.82 Å². The molecule has 1 aromatic carbocycles. The smallest absolute Gasteiger partial charge is 0.123 e. The maximum Gasteiger partial charge on any atom is 0.123 e. The molecule has 1 heterocycles. The molecular weight excluding hydrogens is 229 g/mol. The summed E-state index contributed by atoms with van der Waals surface area (Å²) < 4.78 is 18.3. The summed E-state index contributed by atoms with van der Waals surface area (Å²) in [5.41, 5.74) is 0.131. The van der Waals surface area contributed by atoms with Gasteiger partial charge in [-0.15, -0.1) is 0 Å². The van der Waals surface area contributed by atoms with Gasteiger partial charge < -0.3 is 4.74 Å². The number of hydrogen-bond donors (Lipinski definition) is 0. The molecule has 16 heavy (non-hydrogen) atoms. The summed E-state index contributed by atoms with van der Waals surface area (Å²) in [6.45, 7) is 0.983. The topological polar surface area (TPSA) is 33.0 Å². The highest BCUT2D eigenvalue weighted by Crippen LogP contribution is 2.34. The molecule has 0 aromatic heterocycles. The molecule has 4 heteroatoms. The minimum Gasteiger partial charge on any atom is -0.380 e. The fraction of sp³-hybridized carbons (Fsp3) is 0.417. The molecule has 1 atom stereocenters. The van der Waals surface area contributed by atoms with Gasteiger partial charge in [-0.3, -0.25) is 0 Å². The minimum atomic E-state index is -0.544. The molecule has 1 fully saturated rings. The Hall–Kier alpha value is -1.11. The largest absolute Gasteiger partial charge is 0.380 e. The molecule has 0 N–H and O–H groups in total. The molecule has 0 bridgehead atoms. The second-order valence-electron chi connectivity index (χ2n) is 4.11. The van der Waals surface area contributed by atoms with Crippen LogP contribution in [0.2, 0.25) is 5.02 Å². The van der Waals surface area contributed by atoms with Crippen molar-refractivity contribution in [2.75, 3.05) is 13.2 Å². The molecule has 0 radical (unpaired) electrons. The van der Waals surface area contributed by atoms with E-state index in [1.807, 2.05) is 0 Å². The Kier molecular flexibility index (Phi) is 3.13. The molecule has 0 aliphatic carbocycles. The van der Waals surface area contributed by atoms with Crippen LogP contribution in [-0.2, 0) is 11.2 Å². The number of halogens is 2. The third-order valence-corrected chi connectivity index (χ3v) is 3.25. The van der Waals surface area contributed by atoms with E-state index in [1.165, 1.54) is 18.2 Å². The average Bonchev–Trinajstić information content (AvgIpc) is 2.73. The maximum atomic E-state index is 13.1. The Morgan fingerprint density at radius 1 is 1.56 bits per heavy atom. The van der Waals surface area contributed by atoms with Gasteiger partial charge in [0.05, 0.1) is 18.1 Å². The van der Waals surface area contributed by atoms with Gasteiger partial charge in [0.2, 0.25) is 0 Å². The van der Waals surface area contributed by atoms with Crippen molar-refractivity contribution in [3.8, 4) is 6.07 Å². The zero-order chi connectivity index (χ0) is 11.6. The van der Waals surface area contributed by atoms with Crippen LogP contribution < -0.4 is 0 Å². The van der Waals surface area contributed by atoms with Crippen molar-refractivity contribution >= 4 is 11.6 Å².